The minimum absolute atomic E-state index is 0.0136. The number of nitrogen functional groups attached to an aromatic ring is 1. The maximum Gasteiger partial charge on any atom is 0.319 e. The van der Waals surface area contributed by atoms with Crippen molar-refractivity contribution >= 4 is 43.1 Å². The van der Waals surface area contributed by atoms with Crippen molar-refractivity contribution in [2.24, 2.45) is 5.41 Å². The molecule has 5 aliphatic heterocycles. The SMILES string of the molecule is C[C@@H](O)CN1CC2CCC(C1)N2c1nc(OCC2(CN3C[C@H]4C[C@@H]3CO4)CC2)nc2c(F)c(-c3ncc(F)c4sc(N)c(C#N)c34)c3c(c12)COC3. The van der Waals surface area contributed by atoms with Crippen LogP contribution in [0.1, 0.15) is 55.7 Å². The van der Waals surface area contributed by atoms with Crippen LogP contribution in [0.3, 0.4) is 0 Å². The first-order valence-corrected chi connectivity index (χ1v) is 19.1. The highest BCUT2D eigenvalue weighted by Crippen LogP contribution is 2.50. The van der Waals surface area contributed by atoms with Gasteiger partial charge < -0.3 is 30.0 Å². The van der Waals surface area contributed by atoms with Gasteiger partial charge >= 0.3 is 6.01 Å². The van der Waals surface area contributed by atoms with E-state index in [0.29, 0.717) is 42.1 Å². The van der Waals surface area contributed by atoms with Crippen molar-refractivity contribution in [1.29, 1.82) is 5.26 Å². The van der Waals surface area contributed by atoms with E-state index < -0.39 is 17.7 Å². The Bertz CT molecular complexity index is 2160. The van der Waals surface area contributed by atoms with Gasteiger partial charge in [-0.15, -0.1) is 11.3 Å². The number of morpholine rings is 1. The molecule has 0 radical (unpaired) electrons. The number of rotatable bonds is 9. The molecule has 10 rings (SSSR count). The van der Waals surface area contributed by atoms with Crippen molar-refractivity contribution in [3.63, 3.8) is 0 Å². The number of piperazine rings is 1. The lowest BCUT2D eigenvalue weighted by Crippen LogP contribution is -2.55. The second-order valence-corrected chi connectivity index (χ2v) is 16.8. The highest BCUT2D eigenvalue weighted by Gasteiger charge is 2.50. The lowest BCUT2D eigenvalue weighted by atomic mass is 9.93. The molecule has 12 nitrogen and oxygen atoms in total. The zero-order valence-corrected chi connectivity index (χ0v) is 29.7. The van der Waals surface area contributed by atoms with Gasteiger partial charge in [-0.05, 0) is 50.2 Å². The van der Waals surface area contributed by atoms with Gasteiger partial charge in [-0.3, -0.25) is 14.8 Å². The van der Waals surface area contributed by atoms with Crippen LogP contribution in [0.25, 0.3) is 32.2 Å². The number of aromatic nitrogens is 3. The largest absolute Gasteiger partial charge is 0.463 e. The molecule has 6 aliphatic rings. The average Bonchev–Trinajstić information content (AvgIpc) is 3.63. The molecule has 1 aromatic carbocycles. The molecule has 1 aliphatic carbocycles. The topological polar surface area (TPSA) is 146 Å². The van der Waals surface area contributed by atoms with Gasteiger partial charge in [-0.1, -0.05) is 0 Å². The molecule has 1 saturated carbocycles. The van der Waals surface area contributed by atoms with Crippen LogP contribution in [-0.2, 0) is 22.7 Å². The number of aliphatic hydroxyl groups is 1. The monoisotopic (exact) mass is 730 g/mol. The number of likely N-dealkylation sites (tertiary alicyclic amines) is 2. The number of β-amino-alcohol motifs (C(OH)–C–C–N with tert-alkyl or cyclic N) is 1. The molecular formula is C37H40F2N8O4S. The summed E-state index contributed by atoms with van der Waals surface area (Å²) in [6, 6.07) is 2.87. The number of nitriles is 1. The predicted octanol–water partition coefficient (Wildman–Crippen LogP) is 4.33. The van der Waals surface area contributed by atoms with Crippen LogP contribution in [0.5, 0.6) is 6.01 Å². The summed E-state index contributed by atoms with van der Waals surface area (Å²) in [5, 5.41) is 21.1. The first-order chi connectivity index (χ1) is 25.2. The number of nitrogens with two attached hydrogens (primary N) is 1. The molecule has 15 heteroatoms. The average molecular weight is 731 g/mol. The van der Waals surface area contributed by atoms with E-state index in [1.54, 1.807) is 0 Å². The molecule has 5 atom stereocenters. The van der Waals surface area contributed by atoms with Crippen molar-refractivity contribution in [3.8, 4) is 23.3 Å². The second kappa shape index (κ2) is 12.1. The summed E-state index contributed by atoms with van der Waals surface area (Å²) in [7, 11) is 0. The summed E-state index contributed by atoms with van der Waals surface area (Å²) in [5.74, 6) is -0.638. The van der Waals surface area contributed by atoms with E-state index in [0.717, 1.165) is 88.0 Å². The summed E-state index contributed by atoms with van der Waals surface area (Å²) >= 11 is 0.950. The zero-order valence-electron chi connectivity index (χ0n) is 28.9. The standard InChI is InChI=1S/C37H40F2N8O4S/c1-18(48)9-45-10-19-2-3-20(11-45)47(19)35-29-25-15-49-14-24(25)27(31-28-23(7-40)34(41)52-33(28)26(38)8-42-31)30(39)32(29)43-36(44-35)51-17-37(4-5-37)16-46-12-22-6-21(46)13-50-22/h8,18-22,48H,2-6,9-17,41H2,1H3/t18-,19?,20?,21-,22-/m1/s1. The minimum atomic E-state index is -0.642. The van der Waals surface area contributed by atoms with E-state index in [2.05, 4.69) is 25.8 Å². The Morgan fingerprint density at radius 1 is 1.13 bits per heavy atom. The maximum atomic E-state index is 17.5. The number of fused-ring (bicyclic) bond motifs is 8. The summed E-state index contributed by atoms with van der Waals surface area (Å²) in [4.78, 5) is 21.5. The Balaban J connectivity index is 1.11. The van der Waals surface area contributed by atoms with Gasteiger partial charge in [0, 0.05) is 67.2 Å². The molecule has 52 heavy (non-hydrogen) atoms. The Labute approximate surface area is 303 Å². The molecule has 8 heterocycles. The maximum absolute atomic E-state index is 17.5. The molecular weight excluding hydrogens is 691 g/mol. The van der Waals surface area contributed by atoms with Gasteiger partial charge in [0.15, 0.2) is 11.6 Å². The molecule has 5 fully saturated rings. The van der Waals surface area contributed by atoms with Gasteiger partial charge in [0.2, 0.25) is 0 Å². The molecule has 272 valence electrons. The van der Waals surface area contributed by atoms with E-state index in [9.17, 15) is 10.4 Å². The minimum Gasteiger partial charge on any atom is -0.463 e. The fraction of sp³-hybridized carbons (Fsp3) is 0.568. The van der Waals surface area contributed by atoms with Crippen LogP contribution in [0, 0.1) is 28.4 Å². The van der Waals surface area contributed by atoms with Crippen LogP contribution in [0.4, 0.5) is 19.6 Å². The number of nitrogens with zero attached hydrogens (tertiary/aromatic N) is 7. The number of benzene rings is 1. The Morgan fingerprint density at radius 3 is 2.62 bits per heavy atom. The molecule has 3 aromatic heterocycles. The van der Waals surface area contributed by atoms with Gasteiger partial charge in [0.25, 0.3) is 0 Å². The van der Waals surface area contributed by atoms with Crippen molar-refractivity contribution in [1.82, 2.24) is 24.8 Å². The van der Waals surface area contributed by atoms with Crippen LogP contribution in [0.2, 0.25) is 0 Å². The predicted molar refractivity (Wildman–Crippen MR) is 190 cm³/mol. The van der Waals surface area contributed by atoms with Crippen molar-refractivity contribution in [2.45, 2.75) is 82.6 Å². The van der Waals surface area contributed by atoms with Gasteiger partial charge in [-0.2, -0.15) is 15.2 Å². The highest BCUT2D eigenvalue weighted by molar-refractivity contribution is 7.23. The fourth-order valence-corrected chi connectivity index (χ4v) is 10.5. The zero-order chi connectivity index (χ0) is 35.5. The third-order valence-corrected chi connectivity index (χ3v) is 13.2. The number of anilines is 2. The number of hydrogen-bond donors (Lipinski definition) is 2. The van der Waals surface area contributed by atoms with Crippen LogP contribution < -0.4 is 15.4 Å². The highest BCUT2D eigenvalue weighted by atomic mass is 32.1. The third-order valence-electron chi connectivity index (χ3n) is 12.1. The summed E-state index contributed by atoms with van der Waals surface area (Å²) in [5.41, 5.74) is 7.91. The molecule has 4 aromatic rings. The number of hydrogen-bond acceptors (Lipinski definition) is 13. The third kappa shape index (κ3) is 5.17. The second-order valence-electron chi connectivity index (χ2n) is 15.7. The molecule has 2 unspecified atom stereocenters. The van der Waals surface area contributed by atoms with E-state index in [-0.39, 0.29) is 74.1 Å². The van der Waals surface area contributed by atoms with Crippen LogP contribution in [0.15, 0.2) is 6.20 Å². The number of aliphatic hydroxyl groups excluding tert-OH is 1. The molecule has 0 amide bonds. The van der Waals surface area contributed by atoms with Crippen LogP contribution >= 0.6 is 11.3 Å². The van der Waals surface area contributed by atoms with Crippen molar-refractivity contribution in [2.75, 3.05) is 56.6 Å². The lowest BCUT2D eigenvalue weighted by Gasteiger charge is -2.42. The van der Waals surface area contributed by atoms with Crippen molar-refractivity contribution in [3.05, 3.63) is 34.5 Å². The lowest BCUT2D eigenvalue weighted by molar-refractivity contribution is 0.0176. The van der Waals surface area contributed by atoms with E-state index in [1.165, 1.54) is 0 Å². The Hall–Kier alpha value is -3.78. The molecule has 0 spiro atoms. The van der Waals surface area contributed by atoms with Gasteiger partial charge in [-0.25, -0.2) is 8.78 Å². The van der Waals surface area contributed by atoms with Gasteiger partial charge in [0.1, 0.15) is 22.4 Å². The first-order valence-electron chi connectivity index (χ1n) is 18.3. The number of pyridine rings is 1. The fourth-order valence-electron chi connectivity index (χ4n) is 9.58. The number of ether oxygens (including phenoxy) is 3. The Morgan fingerprint density at radius 2 is 1.92 bits per heavy atom. The Kier molecular flexibility index (Phi) is 7.66. The summed E-state index contributed by atoms with van der Waals surface area (Å²) in [6.07, 6.45) is 5.98. The smallest absolute Gasteiger partial charge is 0.319 e. The van der Waals surface area contributed by atoms with Crippen LogP contribution in [-0.4, -0.2) is 106 Å². The van der Waals surface area contributed by atoms with E-state index >= 15 is 8.78 Å². The van der Waals surface area contributed by atoms with E-state index in [1.807, 2.05) is 6.92 Å². The number of thiophene rings is 1. The molecule has 4 bridgehead atoms. The van der Waals surface area contributed by atoms with Gasteiger partial charge in [0.05, 0.1) is 66.2 Å². The summed E-state index contributed by atoms with van der Waals surface area (Å²) in [6.45, 7) is 7.29. The van der Waals surface area contributed by atoms with Crippen molar-refractivity contribution < 1.29 is 28.1 Å². The molecule has 3 N–H and O–H groups in total. The molecule has 4 saturated heterocycles. The van der Waals surface area contributed by atoms with E-state index in [4.69, 9.17) is 29.9 Å². The normalized spacial score (nSPS) is 26.8. The quantitative estimate of drug-likeness (QED) is 0.253. The first kappa shape index (κ1) is 32.8. The number of halogens is 2. The summed E-state index contributed by atoms with van der Waals surface area (Å²) < 4.78 is 51.1.